The molecule has 0 aliphatic carbocycles. The van der Waals surface area contributed by atoms with Crippen molar-refractivity contribution >= 4 is 46.5 Å². The van der Waals surface area contributed by atoms with E-state index < -0.39 is 11.9 Å². The molecule has 0 spiro atoms. The van der Waals surface area contributed by atoms with Crippen LogP contribution in [-0.4, -0.2) is 102 Å². The van der Waals surface area contributed by atoms with Crippen molar-refractivity contribution in [1.29, 1.82) is 0 Å². The molecule has 214 valence electrons. The lowest BCUT2D eigenvalue weighted by atomic mass is 10.1. The van der Waals surface area contributed by atoms with Crippen LogP contribution in [0, 0.1) is 6.92 Å². The fourth-order valence-electron chi connectivity index (χ4n) is 5.18. The van der Waals surface area contributed by atoms with E-state index in [-0.39, 0.29) is 29.3 Å². The molecule has 3 aromatic rings. The number of anilines is 2. The normalized spacial score (nSPS) is 17.5. The average Bonchev–Trinajstić information content (AvgIpc) is 3.36. The number of ether oxygens (including phenoxy) is 1. The standard InChI is InChI=1S/C25H32ClF3N8O.ClH/c1-3-34-4-6-35(7-5-34)12-13-38-20-15-18(26)14-19(17(20)2)36-8-10-37(11-9-36)24-21-22(25(27,28)29)32-33-23(21)30-16-31-24;/h14-16H,3-13H2,1-2H3,(H,30,31,32,33);1H. The number of H-pyrrole nitrogens is 1. The zero-order valence-electron chi connectivity index (χ0n) is 22.0. The van der Waals surface area contributed by atoms with Gasteiger partial charge in [-0.1, -0.05) is 18.5 Å². The van der Waals surface area contributed by atoms with Crippen molar-refractivity contribution in [2.75, 3.05) is 81.9 Å². The monoisotopic (exact) mass is 588 g/mol. The third-order valence-electron chi connectivity index (χ3n) is 7.40. The SMILES string of the molecule is CCN1CCN(CCOc2cc(Cl)cc(N3CCN(c4ncnc5[nH]nc(C(F)(F)F)c45)CC3)c2C)CC1.Cl. The van der Waals surface area contributed by atoms with Crippen LogP contribution in [0.2, 0.25) is 5.02 Å². The molecule has 1 N–H and O–H groups in total. The molecule has 0 radical (unpaired) electrons. The Morgan fingerprint density at radius 1 is 0.974 bits per heavy atom. The lowest BCUT2D eigenvalue weighted by molar-refractivity contribution is -0.139. The highest BCUT2D eigenvalue weighted by atomic mass is 35.5. The minimum absolute atomic E-state index is 0. The van der Waals surface area contributed by atoms with E-state index in [9.17, 15) is 13.2 Å². The van der Waals surface area contributed by atoms with E-state index >= 15 is 0 Å². The first-order valence-corrected chi connectivity index (χ1v) is 13.3. The maximum atomic E-state index is 13.5. The summed E-state index contributed by atoms with van der Waals surface area (Å²) in [6, 6.07) is 3.77. The van der Waals surface area contributed by atoms with Gasteiger partial charge in [-0.2, -0.15) is 18.3 Å². The number of nitrogens with zero attached hydrogens (tertiary/aromatic N) is 7. The summed E-state index contributed by atoms with van der Waals surface area (Å²) in [6.07, 6.45) is -3.34. The van der Waals surface area contributed by atoms with Gasteiger partial charge in [0.2, 0.25) is 0 Å². The topological polar surface area (TPSA) is 76.7 Å². The second kappa shape index (κ2) is 12.3. The largest absolute Gasteiger partial charge is 0.492 e. The summed E-state index contributed by atoms with van der Waals surface area (Å²) >= 11 is 6.47. The van der Waals surface area contributed by atoms with Crippen molar-refractivity contribution in [1.82, 2.24) is 30.0 Å². The number of aromatic amines is 1. The molecule has 0 amide bonds. The van der Waals surface area contributed by atoms with Crippen LogP contribution in [0.4, 0.5) is 24.7 Å². The van der Waals surface area contributed by atoms with Gasteiger partial charge in [-0.15, -0.1) is 12.4 Å². The van der Waals surface area contributed by atoms with Gasteiger partial charge in [0.25, 0.3) is 0 Å². The molecule has 4 heterocycles. The highest BCUT2D eigenvalue weighted by molar-refractivity contribution is 6.31. The summed E-state index contributed by atoms with van der Waals surface area (Å²) < 4.78 is 46.8. The van der Waals surface area contributed by atoms with Gasteiger partial charge in [-0.05, 0) is 25.6 Å². The second-order valence-corrected chi connectivity index (χ2v) is 10.1. The van der Waals surface area contributed by atoms with Gasteiger partial charge in [0.05, 0.1) is 5.39 Å². The molecule has 1 aromatic carbocycles. The summed E-state index contributed by atoms with van der Waals surface area (Å²) in [4.78, 5) is 17.0. The molecule has 9 nitrogen and oxygen atoms in total. The molecule has 2 fully saturated rings. The fraction of sp³-hybridized carbons (Fsp3) is 0.560. The number of rotatable bonds is 7. The van der Waals surface area contributed by atoms with Crippen molar-refractivity contribution in [3.63, 3.8) is 0 Å². The predicted molar refractivity (Wildman–Crippen MR) is 149 cm³/mol. The van der Waals surface area contributed by atoms with E-state index in [1.54, 1.807) is 0 Å². The maximum Gasteiger partial charge on any atom is 0.435 e. The highest BCUT2D eigenvalue weighted by Gasteiger charge is 2.38. The number of hydrogen-bond acceptors (Lipinski definition) is 8. The second-order valence-electron chi connectivity index (χ2n) is 9.64. The Hall–Kier alpha value is -2.54. The quantitative estimate of drug-likeness (QED) is 0.442. The number of aromatic nitrogens is 4. The molecule has 2 aliphatic rings. The maximum absolute atomic E-state index is 13.5. The summed E-state index contributed by atoms with van der Waals surface area (Å²) in [5.74, 6) is 0.996. The third kappa shape index (κ3) is 6.45. The minimum atomic E-state index is -4.60. The molecule has 2 saturated heterocycles. The van der Waals surface area contributed by atoms with Crippen molar-refractivity contribution in [3.8, 4) is 5.75 Å². The van der Waals surface area contributed by atoms with Gasteiger partial charge in [-0.25, -0.2) is 9.97 Å². The van der Waals surface area contributed by atoms with Crippen molar-refractivity contribution in [2.24, 2.45) is 0 Å². The Morgan fingerprint density at radius 2 is 1.64 bits per heavy atom. The minimum Gasteiger partial charge on any atom is -0.492 e. The summed E-state index contributed by atoms with van der Waals surface area (Å²) in [6.45, 7) is 13.1. The van der Waals surface area contributed by atoms with Crippen LogP contribution in [0.5, 0.6) is 5.75 Å². The zero-order chi connectivity index (χ0) is 26.9. The van der Waals surface area contributed by atoms with Crippen LogP contribution in [0.3, 0.4) is 0 Å². The number of alkyl halides is 3. The summed E-state index contributed by atoms with van der Waals surface area (Å²) in [5.41, 5.74) is 1.04. The van der Waals surface area contributed by atoms with Gasteiger partial charge in [-0.3, -0.25) is 10.00 Å². The molecule has 5 rings (SSSR count). The van der Waals surface area contributed by atoms with Crippen LogP contribution in [0.25, 0.3) is 11.0 Å². The first kappa shape index (κ1) is 29.4. The number of halogens is 5. The molecule has 2 aromatic heterocycles. The smallest absolute Gasteiger partial charge is 0.435 e. The third-order valence-corrected chi connectivity index (χ3v) is 7.62. The summed E-state index contributed by atoms with van der Waals surface area (Å²) in [5, 5.41) is 6.32. The van der Waals surface area contributed by atoms with Gasteiger partial charge >= 0.3 is 6.18 Å². The van der Waals surface area contributed by atoms with E-state index in [1.807, 2.05) is 24.0 Å². The molecule has 14 heteroatoms. The number of fused-ring (bicyclic) bond motifs is 1. The van der Waals surface area contributed by atoms with E-state index in [0.29, 0.717) is 37.8 Å². The molecule has 0 saturated carbocycles. The Labute approximate surface area is 236 Å². The van der Waals surface area contributed by atoms with Gasteiger partial charge in [0.15, 0.2) is 11.3 Å². The van der Waals surface area contributed by atoms with Crippen LogP contribution < -0.4 is 14.5 Å². The van der Waals surface area contributed by atoms with Crippen LogP contribution in [0.15, 0.2) is 18.5 Å². The van der Waals surface area contributed by atoms with E-state index in [2.05, 4.69) is 41.8 Å². The number of benzene rings is 1. The molecule has 2 aliphatic heterocycles. The Balaban J connectivity index is 0.00000353. The molecule has 0 unspecified atom stereocenters. The number of hydrogen-bond donors (Lipinski definition) is 1. The van der Waals surface area contributed by atoms with Crippen LogP contribution in [0.1, 0.15) is 18.2 Å². The fourth-order valence-corrected chi connectivity index (χ4v) is 5.38. The van der Waals surface area contributed by atoms with Gasteiger partial charge < -0.3 is 19.4 Å². The Kier molecular flexibility index (Phi) is 9.30. The molecule has 0 bridgehead atoms. The molecular weight excluding hydrogens is 556 g/mol. The lowest BCUT2D eigenvalue weighted by Gasteiger charge is -2.38. The number of piperazine rings is 2. The number of likely N-dealkylation sites (N-methyl/N-ethyl adjacent to an activating group) is 1. The number of nitrogens with one attached hydrogen (secondary N) is 1. The highest BCUT2D eigenvalue weighted by Crippen LogP contribution is 2.37. The predicted octanol–water partition coefficient (Wildman–Crippen LogP) is 4.10. The molecule has 0 atom stereocenters. The van der Waals surface area contributed by atoms with Gasteiger partial charge in [0.1, 0.15) is 24.5 Å². The zero-order valence-corrected chi connectivity index (χ0v) is 23.5. The van der Waals surface area contributed by atoms with Crippen molar-refractivity contribution in [3.05, 3.63) is 34.7 Å². The van der Waals surface area contributed by atoms with E-state index in [4.69, 9.17) is 16.3 Å². The summed E-state index contributed by atoms with van der Waals surface area (Å²) in [7, 11) is 0. The van der Waals surface area contributed by atoms with E-state index in [0.717, 1.165) is 56.3 Å². The Bertz CT molecular complexity index is 1260. The van der Waals surface area contributed by atoms with Gasteiger partial charge in [0, 0.05) is 75.2 Å². The molecular formula is C25H33Cl2F3N8O. The average molecular weight is 589 g/mol. The first-order chi connectivity index (χ1) is 18.2. The van der Waals surface area contributed by atoms with E-state index in [1.165, 1.54) is 6.33 Å². The van der Waals surface area contributed by atoms with Crippen LogP contribution in [-0.2, 0) is 6.18 Å². The van der Waals surface area contributed by atoms with Crippen molar-refractivity contribution in [2.45, 2.75) is 20.0 Å². The van der Waals surface area contributed by atoms with Crippen molar-refractivity contribution < 1.29 is 17.9 Å². The molecule has 39 heavy (non-hydrogen) atoms. The Morgan fingerprint density at radius 3 is 2.31 bits per heavy atom. The lowest BCUT2D eigenvalue weighted by Crippen LogP contribution is -2.47. The van der Waals surface area contributed by atoms with Crippen LogP contribution >= 0.6 is 24.0 Å². The first-order valence-electron chi connectivity index (χ1n) is 12.9.